The van der Waals surface area contributed by atoms with E-state index in [1.165, 1.54) is 0 Å². The molecule has 0 radical (unpaired) electrons. The van der Waals surface area contributed by atoms with E-state index in [0.29, 0.717) is 25.7 Å². The summed E-state index contributed by atoms with van der Waals surface area (Å²) in [5.74, 6) is -5.86. The molecule has 0 aromatic heterocycles. The molecule has 0 aromatic carbocycles. The minimum absolute atomic E-state index is 0.0855. The van der Waals surface area contributed by atoms with Crippen molar-refractivity contribution in [2.24, 2.45) is 23.7 Å². The van der Waals surface area contributed by atoms with E-state index in [2.05, 4.69) is 0 Å². The van der Waals surface area contributed by atoms with Gasteiger partial charge in [-0.1, -0.05) is 20.8 Å². The highest BCUT2D eigenvalue weighted by molar-refractivity contribution is 5.86. The van der Waals surface area contributed by atoms with Crippen molar-refractivity contribution in [3.63, 3.8) is 0 Å². The third-order valence-electron chi connectivity index (χ3n) is 5.05. The topological polar surface area (TPSA) is 43.4 Å². The van der Waals surface area contributed by atoms with Crippen LogP contribution in [0.4, 0.5) is 8.78 Å². The molecule has 5 heteroatoms. The van der Waals surface area contributed by atoms with Crippen LogP contribution in [0.3, 0.4) is 0 Å². The lowest BCUT2D eigenvalue weighted by atomic mass is 9.73. The van der Waals surface area contributed by atoms with Gasteiger partial charge < -0.3 is 4.74 Å². The van der Waals surface area contributed by atoms with Crippen molar-refractivity contribution in [3.8, 4) is 0 Å². The van der Waals surface area contributed by atoms with Crippen LogP contribution < -0.4 is 0 Å². The minimum Gasteiger partial charge on any atom is -0.462 e. The highest BCUT2D eigenvalue weighted by Crippen LogP contribution is 2.50. The Bertz CT molecular complexity index is 434. The Kier molecular flexibility index (Phi) is 5.23. The molecule has 1 aliphatic heterocycles. The van der Waals surface area contributed by atoms with E-state index in [-0.39, 0.29) is 42.7 Å². The van der Waals surface area contributed by atoms with Crippen LogP contribution in [0.25, 0.3) is 0 Å². The Balaban J connectivity index is 2.22. The normalized spacial score (nSPS) is 29.5. The molecule has 4 atom stereocenters. The quantitative estimate of drug-likeness (QED) is 0.667. The summed E-state index contributed by atoms with van der Waals surface area (Å²) in [6.45, 7) is 5.53. The van der Waals surface area contributed by atoms with Gasteiger partial charge in [-0.25, -0.2) is 0 Å². The van der Waals surface area contributed by atoms with E-state index in [1.807, 2.05) is 13.8 Å². The Morgan fingerprint density at radius 3 is 2.64 bits per heavy atom. The first kappa shape index (κ1) is 17.4. The predicted octanol–water partition coefficient (Wildman–Crippen LogP) is 3.99. The monoisotopic (exact) mass is 316 g/mol. The van der Waals surface area contributed by atoms with E-state index in [4.69, 9.17) is 4.74 Å². The van der Waals surface area contributed by atoms with Gasteiger partial charge in [0.1, 0.15) is 6.10 Å². The second kappa shape index (κ2) is 6.63. The number of fused-ring (bicyclic) bond motifs is 1. The second-order valence-corrected chi connectivity index (χ2v) is 7.17. The summed E-state index contributed by atoms with van der Waals surface area (Å²) in [5.41, 5.74) is 0. The fourth-order valence-corrected chi connectivity index (χ4v) is 4.10. The Morgan fingerprint density at radius 1 is 1.36 bits per heavy atom. The van der Waals surface area contributed by atoms with Crippen LogP contribution in [0.5, 0.6) is 0 Å². The number of hydrogen-bond donors (Lipinski definition) is 0. The molecule has 0 amide bonds. The number of esters is 1. The van der Waals surface area contributed by atoms with Gasteiger partial charge in [0.05, 0.1) is 6.42 Å². The third kappa shape index (κ3) is 3.33. The van der Waals surface area contributed by atoms with Crippen LogP contribution >= 0.6 is 0 Å². The van der Waals surface area contributed by atoms with Gasteiger partial charge in [-0.05, 0) is 37.5 Å². The van der Waals surface area contributed by atoms with E-state index in [9.17, 15) is 18.4 Å². The fraction of sp³-hybridized carbons (Fsp3) is 0.882. The standard InChI is InChI=1S/C17H26F2O3/c1-4-5-15(20)17(18,19)13(8-10(2)3)11-6-7-14-12(11)9-16(21)22-14/h10-14H,4-9H2,1-3H3/t11-,12-,13?,14+/m1/s1. The number of halogens is 2. The highest BCUT2D eigenvalue weighted by Gasteiger charge is 2.56. The molecule has 2 fully saturated rings. The first-order valence-electron chi connectivity index (χ1n) is 8.37. The van der Waals surface area contributed by atoms with E-state index in [1.54, 1.807) is 6.92 Å². The molecule has 3 nitrogen and oxygen atoms in total. The zero-order chi connectivity index (χ0) is 16.5. The second-order valence-electron chi connectivity index (χ2n) is 7.17. The number of hydrogen-bond acceptors (Lipinski definition) is 3. The summed E-state index contributed by atoms with van der Waals surface area (Å²) in [6, 6.07) is 0. The van der Waals surface area contributed by atoms with Gasteiger partial charge in [0, 0.05) is 18.3 Å². The molecule has 1 heterocycles. The van der Waals surface area contributed by atoms with Crippen molar-refractivity contribution in [1.29, 1.82) is 0 Å². The number of ketones is 1. The van der Waals surface area contributed by atoms with Crippen molar-refractivity contribution in [2.75, 3.05) is 0 Å². The van der Waals surface area contributed by atoms with Crippen LogP contribution in [0.15, 0.2) is 0 Å². The zero-order valence-electron chi connectivity index (χ0n) is 13.6. The maximum Gasteiger partial charge on any atom is 0.308 e. The number of rotatable bonds is 7. The molecule has 126 valence electrons. The lowest BCUT2D eigenvalue weighted by Crippen LogP contribution is -2.43. The zero-order valence-corrected chi connectivity index (χ0v) is 13.6. The molecular formula is C17H26F2O3. The van der Waals surface area contributed by atoms with Gasteiger partial charge in [-0.3, -0.25) is 9.59 Å². The molecule has 22 heavy (non-hydrogen) atoms. The molecule has 1 aliphatic carbocycles. The lowest BCUT2D eigenvalue weighted by Gasteiger charge is -2.34. The van der Waals surface area contributed by atoms with Crippen molar-refractivity contribution in [2.45, 2.75) is 71.3 Å². The molecule has 2 aliphatic rings. The summed E-state index contributed by atoms with van der Waals surface area (Å²) >= 11 is 0. The van der Waals surface area contributed by atoms with Crippen molar-refractivity contribution < 1.29 is 23.1 Å². The van der Waals surface area contributed by atoms with E-state index < -0.39 is 17.6 Å². The smallest absolute Gasteiger partial charge is 0.308 e. The van der Waals surface area contributed by atoms with Gasteiger partial charge in [-0.2, -0.15) is 8.78 Å². The summed E-state index contributed by atoms with van der Waals surface area (Å²) < 4.78 is 34.7. The first-order valence-corrected chi connectivity index (χ1v) is 8.37. The van der Waals surface area contributed by atoms with Crippen LogP contribution in [0.2, 0.25) is 0 Å². The average molecular weight is 316 g/mol. The summed E-state index contributed by atoms with van der Waals surface area (Å²) in [4.78, 5) is 23.4. The van der Waals surface area contributed by atoms with Crippen molar-refractivity contribution in [3.05, 3.63) is 0 Å². The summed E-state index contributed by atoms with van der Waals surface area (Å²) in [7, 11) is 0. The van der Waals surface area contributed by atoms with Gasteiger partial charge >= 0.3 is 11.9 Å². The third-order valence-corrected chi connectivity index (χ3v) is 5.05. The number of carbonyl (C=O) groups excluding carboxylic acids is 2. The van der Waals surface area contributed by atoms with Gasteiger partial charge in [-0.15, -0.1) is 0 Å². The van der Waals surface area contributed by atoms with Crippen LogP contribution in [0.1, 0.15) is 59.3 Å². The Labute approximate surface area is 130 Å². The fourth-order valence-electron chi connectivity index (χ4n) is 4.10. The lowest BCUT2D eigenvalue weighted by molar-refractivity contribution is -0.158. The number of ether oxygens (including phenoxy) is 1. The van der Waals surface area contributed by atoms with E-state index in [0.717, 1.165) is 0 Å². The largest absolute Gasteiger partial charge is 0.462 e. The Morgan fingerprint density at radius 2 is 2.05 bits per heavy atom. The maximum absolute atomic E-state index is 14.8. The number of carbonyl (C=O) groups is 2. The van der Waals surface area contributed by atoms with Crippen LogP contribution in [-0.4, -0.2) is 23.8 Å². The van der Waals surface area contributed by atoms with Crippen molar-refractivity contribution in [1.82, 2.24) is 0 Å². The van der Waals surface area contributed by atoms with Gasteiger partial charge in [0.25, 0.3) is 0 Å². The first-order chi connectivity index (χ1) is 10.3. The summed E-state index contributed by atoms with van der Waals surface area (Å²) in [5, 5.41) is 0. The average Bonchev–Trinajstić information content (AvgIpc) is 2.95. The molecule has 1 saturated heterocycles. The van der Waals surface area contributed by atoms with Gasteiger partial charge in [0.2, 0.25) is 5.78 Å². The molecule has 0 bridgehead atoms. The number of Topliss-reactive ketones (excluding diaryl/α,β-unsaturated/α-hetero) is 1. The number of alkyl halides is 2. The molecular weight excluding hydrogens is 290 g/mol. The van der Waals surface area contributed by atoms with Gasteiger partial charge in [0.15, 0.2) is 0 Å². The molecule has 1 unspecified atom stereocenters. The minimum atomic E-state index is -3.30. The molecule has 0 spiro atoms. The molecule has 0 aromatic rings. The van der Waals surface area contributed by atoms with E-state index >= 15 is 0 Å². The molecule has 1 saturated carbocycles. The Hall–Kier alpha value is -1.00. The molecule has 0 N–H and O–H groups in total. The van der Waals surface area contributed by atoms with Crippen LogP contribution in [-0.2, 0) is 14.3 Å². The predicted molar refractivity (Wildman–Crippen MR) is 78.5 cm³/mol. The molecule has 2 rings (SSSR count). The van der Waals surface area contributed by atoms with Crippen molar-refractivity contribution >= 4 is 11.8 Å². The highest BCUT2D eigenvalue weighted by atomic mass is 19.3. The summed E-state index contributed by atoms with van der Waals surface area (Å²) in [6.07, 6.45) is 1.93. The maximum atomic E-state index is 14.8. The SMILES string of the molecule is CCCC(=O)C(F)(F)C(CC(C)C)[C@@H]1CC[C@@H]2OC(=O)C[C@@H]21. The van der Waals surface area contributed by atoms with Crippen LogP contribution in [0, 0.1) is 23.7 Å².